The van der Waals surface area contributed by atoms with Crippen LogP contribution in [0.15, 0.2) is 16.3 Å². The van der Waals surface area contributed by atoms with Gasteiger partial charge in [-0.2, -0.15) is 4.31 Å². The Morgan fingerprint density at radius 1 is 1.24 bits per heavy atom. The van der Waals surface area contributed by atoms with Crippen LogP contribution in [-0.4, -0.2) is 78.6 Å². The number of hydrogen-bond donors (Lipinski definition) is 1. The van der Waals surface area contributed by atoms with Crippen LogP contribution in [0.3, 0.4) is 0 Å². The highest BCUT2D eigenvalue weighted by Gasteiger charge is 2.56. The second-order valence-corrected chi connectivity index (χ2v) is 11.5. The molecule has 12 heteroatoms. The fraction of sp³-hybridized carbons (Fsp3) is 0.588. The van der Waals surface area contributed by atoms with E-state index in [4.69, 9.17) is 11.6 Å². The number of rotatable bonds is 5. The number of sulfonamides is 1. The van der Waals surface area contributed by atoms with Crippen molar-refractivity contribution in [3.05, 3.63) is 16.5 Å². The van der Waals surface area contributed by atoms with Crippen LogP contribution >= 0.6 is 22.9 Å². The van der Waals surface area contributed by atoms with Crippen molar-refractivity contribution in [2.75, 3.05) is 32.7 Å². The summed E-state index contributed by atoms with van der Waals surface area (Å²) in [6.45, 7) is 2.05. The first-order valence-electron chi connectivity index (χ1n) is 9.30. The van der Waals surface area contributed by atoms with Gasteiger partial charge in [0.1, 0.15) is 16.3 Å². The maximum Gasteiger partial charge on any atom is 0.325 e. The Hall–Kier alpha value is -1.69. The quantitative estimate of drug-likeness (QED) is 0.658. The highest BCUT2D eigenvalue weighted by Crippen LogP contribution is 2.42. The first kappa shape index (κ1) is 20.6. The van der Waals surface area contributed by atoms with Crippen molar-refractivity contribution in [3.8, 4) is 0 Å². The molecule has 1 saturated carbocycles. The van der Waals surface area contributed by atoms with Gasteiger partial charge in [0.05, 0.1) is 4.34 Å². The number of carbonyl (C=O) groups is 3. The summed E-state index contributed by atoms with van der Waals surface area (Å²) in [5.41, 5.74) is -0.924. The number of carbonyl (C=O) groups excluding carboxylic acids is 3. The topological polar surface area (TPSA) is 107 Å². The molecule has 158 valence electrons. The van der Waals surface area contributed by atoms with E-state index >= 15 is 0 Å². The summed E-state index contributed by atoms with van der Waals surface area (Å²) < 4.78 is 27.2. The number of nitrogens with one attached hydrogen (secondary N) is 1. The number of urea groups is 1. The van der Waals surface area contributed by atoms with Gasteiger partial charge in [-0.15, -0.1) is 11.3 Å². The van der Waals surface area contributed by atoms with Gasteiger partial charge in [0.15, 0.2) is 0 Å². The zero-order valence-corrected chi connectivity index (χ0v) is 18.1. The van der Waals surface area contributed by atoms with Crippen molar-refractivity contribution < 1.29 is 22.8 Å². The molecule has 3 fully saturated rings. The lowest BCUT2D eigenvalue weighted by Gasteiger charge is -2.34. The van der Waals surface area contributed by atoms with Crippen LogP contribution in [0.4, 0.5) is 4.79 Å². The van der Waals surface area contributed by atoms with Crippen LogP contribution in [0.1, 0.15) is 19.8 Å². The van der Waals surface area contributed by atoms with E-state index in [2.05, 4.69) is 5.32 Å². The van der Waals surface area contributed by atoms with Crippen molar-refractivity contribution in [3.63, 3.8) is 0 Å². The first-order chi connectivity index (χ1) is 13.6. The third kappa shape index (κ3) is 3.65. The predicted octanol–water partition coefficient (Wildman–Crippen LogP) is 0.955. The van der Waals surface area contributed by atoms with Crippen molar-refractivity contribution in [1.82, 2.24) is 19.4 Å². The third-order valence-electron chi connectivity index (χ3n) is 5.72. The summed E-state index contributed by atoms with van der Waals surface area (Å²) in [6, 6.07) is 2.45. The molecule has 0 bridgehead atoms. The third-order valence-corrected chi connectivity index (χ3v) is 9.32. The summed E-state index contributed by atoms with van der Waals surface area (Å²) >= 11 is 6.83. The zero-order valence-electron chi connectivity index (χ0n) is 15.8. The molecule has 0 unspecified atom stereocenters. The molecule has 29 heavy (non-hydrogen) atoms. The van der Waals surface area contributed by atoms with Gasteiger partial charge in [0, 0.05) is 26.2 Å². The van der Waals surface area contributed by atoms with Crippen LogP contribution in [0.5, 0.6) is 0 Å². The van der Waals surface area contributed by atoms with E-state index in [-0.39, 0.29) is 54.7 Å². The van der Waals surface area contributed by atoms with Crippen molar-refractivity contribution in [2.24, 2.45) is 5.92 Å². The molecule has 0 spiro atoms. The second-order valence-electron chi connectivity index (χ2n) is 7.64. The minimum atomic E-state index is -3.65. The maximum absolute atomic E-state index is 12.7. The Labute approximate surface area is 177 Å². The fourth-order valence-electron chi connectivity index (χ4n) is 3.77. The van der Waals surface area contributed by atoms with Crippen LogP contribution in [-0.2, 0) is 19.6 Å². The summed E-state index contributed by atoms with van der Waals surface area (Å²) in [7, 11) is -3.65. The smallest absolute Gasteiger partial charge is 0.325 e. The van der Waals surface area contributed by atoms with Gasteiger partial charge in [0.25, 0.3) is 15.9 Å². The van der Waals surface area contributed by atoms with E-state index in [9.17, 15) is 22.8 Å². The summed E-state index contributed by atoms with van der Waals surface area (Å²) in [6.07, 6.45) is 1.77. The Morgan fingerprint density at radius 3 is 2.45 bits per heavy atom. The number of nitrogens with zero attached hydrogens (tertiary/aromatic N) is 3. The van der Waals surface area contributed by atoms with Gasteiger partial charge < -0.3 is 10.2 Å². The molecule has 1 aromatic heterocycles. The molecular weight excluding hydrogens is 440 g/mol. The molecule has 1 atom stereocenters. The minimum absolute atomic E-state index is 0.124. The van der Waals surface area contributed by atoms with Crippen LogP contribution in [0.25, 0.3) is 0 Å². The maximum atomic E-state index is 12.7. The van der Waals surface area contributed by atoms with E-state index in [1.165, 1.54) is 21.3 Å². The van der Waals surface area contributed by atoms with Gasteiger partial charge >= 0.3 is 6.03 Å². The SMILES string of the molecule is C[C@]1(C2CC2)NC(=O)N(CC(=O)N2CCN(S(=O)(=O)c3ccc(Cl)s3)CC2)C1=O. The number of piperazine rings is 1. The van der Waals surface area contributed by atoms with Crippen LogP contribution in [0.2, 0.25) is 4.34 Å². The number of hydrogen-bond acceptors (Lipinski definition) is 6. The molecule has 2 saturated heterocycles. The van der Waals surface area contributed by atoms with E-state index in [0.29, 0.717) is 4.34 Å². The van der Waals surface area contributed by atoms with E-state index in [1.54, 1.807) is 6.92 Å². The minimum Gasteiger partial charge on any atom is -0.338 e. The van der Waals surface area contributed by atoms with E-state index in [1.807, 2.05) is 0 Å². The monoisotopic (exact) mass is 460 g/mol. The Kier molecular flexibility index (Phi) is 5.12. The average molecular weight is 461 g/mol. The molecule has 3 aliphatic rings. The number of thiophene rings is 1. The lowest BCUT2D eigenvalue weighted by molar-refractivity contribution is -0.139. The molecule has 4 rings (SSSR count). The summed E-state index contributed by atoms with van der Waals surface area (Å²) in [5.74, 6) is -0.613. The molecule has 2 aliphatic heterocycles. The average Bonchev–Trinajstić information content (AvgIpc) is 3.42. The van der Waals surface area contributed by atoms with Gasteiger partial charge in [-0.05, 0) is 37.8 Å². The number of imide groups is 1. The Bertz CT molecular complexity index is 968. The molecule has 0 aromatic carbocycles. The van der Waals surface area contributed by atoms with Crippen LogP contribution in [0, 0.1) is 5.92 Å². The highest BCUT2D eigenvalue weighted by atomic mass is 35.5. The predicted molar refractivity (Wildman–Crippen MR) is 106 cm³/mol. The summed E-state index contributed by atoms with van der Waals surface area (Å²) in [5, 5.41) is 2.72. The van der Waals surface area contributed by atoms with Crippen LogP contribution < -0.4 is 5.32 Å². The molecule has 3 heterocycles. The van der Waals surface area contributed by atoms with Crippen molar-refractivity contribution >= 4 is 50.8 Å². The number of amides is 4. The lowest BCUT2D eigenvalue weighted by atomic mass is 9.96. The Balaban J connectivity index is 1.36. The molecule has 4 amide bonds. The molecule has 0 radical (unpaired) electrons. The zero-order chi connectivity index (χ0) is 21.0. The molecular formula is C17H21ClN4O5S2. The van der Waals surface area contributed by atoms with Gasteiger partial charge in [-0.3, -0.25) is 14.5 Å². The molecule has 1 N–H and O–H groups in total. The van der Waals surface area contributed by atoms with Gasteiger partial charge in [0.2, 0.25) is 5.91 Å². The Morgan fingerprint density at radius 2 is 1.90 bits per heavy atom. The lowest BCUT2D eigenvalue weighted by Crippen LogP contribution is -2.53. The van der Waals surface area contributed by atoms with Gasteiger partial charge in [-0.25, -0.2) is 13.2 Å². The number of halogens is 1. The van der Waals surface area contributed by atoms with E-state index in [0.717, 1.165) is 29.1 Å². The highest BCUT2D eigenvalue weighted by molar-refractivity contribution is 7.91. The normalized spacial score (nSPS) is 26.1. The summed E-state index contributed by atoms with van der Waals surface area (Å²) in [4.78, 5) is 40.0. The van der Waals surface area contributed by atoms with E-state index < -0.39 is 21.6 Å². The van der Waals surface area contributed by atoms with Gasteiger partial charge in [-0.1, -0.05) is 11.6 Å². The fourth-order valence-corrected chi connectivity index (χ4v) is 6.83. The first-order valence-corrected chi connectivity index (χ1v) is 11.9. The molecule has 1 aromatic rings. The van der Waals surface area contributed by atoms with Crippen molar-refractivity contribution in [1.29, 1.82) is 0 Å². The van der Waals surface area contributed by atoms with Crippen molar-refractivity contribution in [2.45, 2.75) is 29.5 Å². The molecule has 9 nitrogen and oxygen atoms in total. The molecule has 1 aliphatic carbocycles. The second kappa shape index (κ2) is 7.22. The largest absolute Gasteiger partial charge is 0.338 e. The standard InChI is InChI=1S/C17H21ClN4O5S2/c1-17(11-2-3-11)15(24)22(16(25)19-17)10-13(23)20-6-8-21(9-7-20)29(26,27)14-5-4-12(18)28-14/h4-5,11H,2-3,6-10H2,1H3,(H,19,25)/t17-/m1/s1.